The average molecular weight is 314 g/mol. The van der Waals surface area contributed by atoms with Gasteiger partial charge in [0.2, 0.25) is 6.79 Å². The van der Waals surface area contributed by atoms with E-state index in [1.807, 2.05) is 24.7 Å². The van der Waals surface area contributed by atoms with E-state index in [4.69, 9.17) is 9.47 Å². The molecule has 2 aromatic rings. The number of aryl methyl sites for hydroxylation is 2. The number of fused-ring (bicyclic) bond motifs is 2. The number of rotatable bonds is 1. The molecule has 0 radical (unpaired) electrons. The number of hydrogen-bond donors (Lipinski definition) is 1. The fraction of sp³-hybridized carbons (Fsp3) is 0.375. The van der Waals surface area contributed by atoms with Gasteiger partial charge >= 0.3 is 6.03 Å². The second-order valence-corrected chi connectivity index (χ2v) is 5.80. The lowest BCUT2D eigenvalue weighted by atomic mass is 10.1. The van der Waals surface area contributed by atoms with Crippen LogP contribution in [0, 0.1) is 6.92 Å². The summed E-state index contributed by atoms with van der Waals surface area (Å²) in [6.45, 7) is 3.50. The summed E-state index contributed by atoms with van der Waals surface area (Å²) in [4.78, 5) is 14.3. The Labute approximate surface area is 133 Å². The van der Waals surface area contributed by atoms with Gasteiger partial charge in [-0.05, 0) is 31.0 Å². The van der Waals surface area contributed by atoms with Crippen LogP contribution in [0.15, 0.2) is 18.2 Å². The molecule has 2 aliphatic rings. The van der Waals surface area contributed by atoms with Gasteiger partial charge in [0.1, 0.15) is 0 Å². The van der Waals surface area contributed by atoms with E-state index < -0.39 is 0 Å². The molecule has 4 rings (SSSR count). The van der Waals surface area contributed by atoms with E-state index in [2.05, 4.69) is 10.4 Å². The zero-order chi connectivity index (χ0) is 16.0. The summed E-state index contributed by atoms with van der Waals surface area (Å²) in [5, 5.41) is 7.36. The zero-order valence-electron chi connectivity index (χ0n) is 13.1. The molecule has 23 heavy (non-hydrogen) atoms. The summed E-state index contributed by atoms with van der Waals surface area (Å²) < 4.78 is 12.5. The first kappa shape index (κ1) is 13.9. The summed E-state index contributed by atoms with van der Waals surface area (Å²) in [6.07, 6.45) is 0.837. The lowest BCUT2D eigenvalue weighted by Gasteiger charge is -2.27. The number of carbonyl (C=O) groups excluding carboxylic acids is 1. The number of carbonyl (C=O) groups is 1. The van der Waals surface area contributed by atoms with E-state index in [1.54, 1.807) is 17.0 Å². The Hall–Kier alpha value is -2.70. The number of urea groups is 1. The van der Waals surface area contributed by atoms with Crippen molar-refractivity contribution in [2.45, 2.75) is 19.9 Å². The van der Waals surface area contributed by atoms with Gasteiger partial charge in [0.25, 0.3) is 0 Å². The molecule has 2 aliphatic heterocycles. The van der Waals surface area contributed by atoms with Crippen molar-refractivity contribution in [3.8, 4) is 11.5 Å². The molecule has 0 unspecified atom stereocenters. The van der Waals surface area contributed by atoms with Gasteiger partial charge in [-0.2, -0.15) is 5.10 Å². The van der Waals surface area contributed by atoms with Crippen molar-refractivity contribution in [2.24, 2.45) is 7.05 Å². The van der Waals surface area contributed by atoms with Gasteiger partial charge in [0.05, 0.1) is 17.9 Å². The smallest absolute Gasteiger partial charge is 0.322 e. The van der Waals surface area contributed by atoms with E-state index in [9.17, 15) is 4.79 Å². The van der Waals surface area contributed by atoms with E-state index in [0.717, 1.165) is 17.8 Å². The summed E-state index contributed by atoms with van der Waals surface area (Å²) in [7, 11) is 1.92. The van der Waals surface area contributed by atoms with Gasteiger partial charge in [-0.15, -0.1) is 0 Å². The molecule has 0 fully saturated rings. The number of ether oxygens (including phenoxy) is 2. The van der Waals surface area contributed by atoms with E-state index in [0.29, 0.717) is 30.3 Å². The second-order valence-electron chi connectivity index (χ2n) is 5.80. The molecule has 0 saturated carbocycles. The van der Waals surface area contributed by atoms with Crippen LogP contribution in [-0.4, -0.2) is 34.0 Å². The van der Waals surface area contributed by atoms with E-state index >= 15 is 0 Å². The predicted octanol–water partition coefficient (Wildman–Crippen LogP) is 2.05. The van der Waals surface area contributed by atoms with Crippen LogP contribution in [0.25, 0.3) is 0 Å². The van der Waals surface area contributed by atoms with Crippen molar-refractivity contribution >= 4 is 11.7 Å². The lowest BCUT2D eigenvalue weighted by Crippen LogP contribution is -2.39. The summed E-state index contributed by atoms with van der Waals surface area (Å²) in [5.74, 6) is 1.36. The zero-order valence-corrected chi connectivity index (χ0v) is 13.1. The highest BCUT2D eigenvalue weighted by Gasteiger charge is 2.25. The van der Waals surface area contributed by atoms with Crippen molar-refractivity contribution in [1.29, 1.82) is 0 Å². The molecular weight excluding hydrogens is 296 g/mol. The maximum Gasteiger partial charge on any atom is 0.322 e. The third-order valence-corrected chi connectivity index (χ3v) is 4.36. The van der Waals surface area contributed by atoms with Crippen LogP contribution in [-0.2, 0) is 20.0 Å². The standard InChI is InChI=1S/C16H18N4O3/c1-10-12-5-6-20(8-13(12)19(2)18-10)16(21)17-11-3-4-14-15(7-11)23-9-22-14/h3-4,7H,5-6,8-9H2,1-2H3,(H,17,21). The molecule has 0 spiro atoms. The minimum Gasteiger partial charge on any atom is -0.454 e. The molecule has 2 amide bonds. The first-order valence-electron chi connectivity index (χ1n) is 7.59. The Morgan fingerprint density at radius 2 is 2.13 bits per heavy atom. The highest BCUT2D eigenvalue weighted by molar-refractivity contribution is 5.90. The van der Waals surface area contributed by atoms with Gasteiger partial charge in [0.15, 0.2) is 11.5 Å². The van der Waals surface area contributed by atoms with Crippen LogP contribution in [0.4, 0.5) is 10.5 Å². The van der Waals surface area contributed by atoms with Gasteiger partial charge in [-0.3, -0.25) is 4.68 Å². The lowest BCUT2D eigenvalue weighted by molar-refractivity contribution is 0.174. The molecule has 1 aromatic carbocycles. The Morgan fingerprint density at radius 3 is 3.00 bits per heavy atom. The number of anilines is 1. The SMILES string of the molecule is Cc1nn(C)c2c1CCN(C(=O)Nc1ccc3c(c1)OCO3)C2. The summed E-state index contributed by atoms with van der Waals surface area (Å²) in [6, 6.07) is 5.28. The largest absolute Gasteiger partial charge is 0.454 e. The van der Waals surface area contributed by atoms with Crippen molar-refractivity contribution in [2.75, 3.05) is 18.7 Å². The number of hydrogen-bond acceptors (Lipinski definition) is 4. The molecule has 0 saturated heterocycles. The molecule has 0 bridgehead atoms. The van der Waals surface area contributed by atoms with E-state index in [-0.39, 0.29) is 12.8 Å². The maximum absolute atomic E-state index is 12.5. The van der Waals surface area contributed by atoms with Crippen LogP contribution in [0.5, 0.6) is 11.5 Å². The highest BCUT2D eigenvalue weighted by atomic mass is 16.7. The molecule has 7 nitrogen and oxygen atoms in total. The van der Waals surface area contributed by atoms with Crippen molar-refractivity contribution in [3.05, 3.63) is 35.2 Å². The van der Waals surface area contributed by atoms with Gasteiger partial charge in [-0.1, -0.05) is 0 Å². The number of nitrogens with zero attached hydrogens (tertiary/aromatic N) is 3. The third-order valence-electron chi connectivity index (χ3n) is 4.36. The molecule has 1 aromatic heterocycles. The molecule has 1 N–H and O–H groups in total. The Kier molecular flexibility index (Phi) is 3.14. The molecule has 0 atom stereocenters. The maximum atomic E-state index is 12.5. The summed E-state index contributed by atoms with van der Waals surface area (Å²) in [5.41, 5.74) is 4.12. The molecule has 0 aliphatic carbocycles. The third kappa shape index (κ3) is 2.38. The number of amides is 2. The predicted molar refractivity (Wildman–Crippen MR) is 83.6 cm³/mol. The Balaban J connectivity index is 1.49. The second kappa shape index (κ2) is 5.19. The topological polar surface area (TPSA) is 68.6 Å². The van der Waals surface area contributed by atoms with Crippen LogP contribution in [0.1, 0.15) is 17.0 Å². The number of nitrogens with one attached hydrogen (secondary N) is 1. The summed E-state index contributed by atoms with van der Waals surface area (Å²) >= 11 is 0. The van der Waals surface area contributed by atoms with E-state index in [1.165, 1.54) is 5.56 Å². The van der Waals surface area contributed by atoms with Crippen LogP contribution in [0.3, 0.4) is 0 Å². The molecule has 120 valence electrons. The first-order chi connectivity index (χ1) is 11.1. The normalized spacial score (nSPS) is 15.5. The fourth-order valence-corrected chi connectivity index (χ4v) is 3.13. The van der Waals surface area contributed by atoms with Crippen LogP contribution < -0.4 is 14.8 Å². The monoisotopic (exact) mass is 314 g/mol. The highest BCUT2D eigenvalue weighted by Crippen LogP contribution is 2.34. The number of benzene rings is 1. The minimum atomic E-state index is -0.117. The quantitative estimate of drug-likeness (QED) is 0.874. The molecular formula is C16H18N4O3. The first-order valence-corrected chi connectivity index (χ1v) is 7.59. The van der Waals surface area contributed by atoms with Crippen molar-refractivity contribution in [3.63, 3.8) is 0 Å². The van der Waals surface area contributed by atoms with Crippen LogP contribution in [0.2, 0.25) is 0 Å². The fourth-order valence-electron chi connectivity index (χ4n) is 3.13. The van der Waals surface area contributed by atoms with Crippen molar-refractivity contribution < 1.29 is 14.3 Å². The van der Waals surface area contributed by atoms with Gasteiger partial charge < -0.3 is 19.7 Å². The van der Waals surface area contributed by atoms with Crippen LogP contribution >= 0.6 is 0 Å². The average Bonchev–Trinajstić information content (AvgIpc) is 3.11. The minimum absolute atomic E-state index is 0.117. The molecule has 7 heteroatoms. The Bertz CT molecular complexity index is 784. The Morgan fingerprint density at radius 1 is 1.30 bits per heavy atom. The van der Waals surface area contributed by atoms with Crippen molar-refractivity contribution in [1.82, 2.24) is 14.7 Å². The van der Waals surface area contributed by atoms with Gasteiger partial charge in [-0.25, -0.2) is 4.79 Å². The molecule has 3 heterocycles. The van der Waals surface area contributed by atoms with Gasteiger partial charge in [0, 0.05) is 25.3 Å². The number of aromatic nitrogens is 2.